The van der Waals surface area contributed by atoms with Crippen LogP contribution >= 0.6 is 0 Å². The Labute approximate surface area is 141 Å². The second-order valence-corrected chi connectivity index (χ2v) is 5.83. The van der Waals surface area contributed by atoms with Crippen LogP contribution < -0.4 is 4.74 Å². The average Bonchev–Trinajstić information content (AvgIpc) is 2.47. The summed E-state index contributed by atoms with van der Waals surface area (Å²) in [6, 6.07) is 6.27. The summed E-state index contributed by atoms with van der Waals surface area (Å²) in [5.74, 6) is -0.195. The second kappa shape index (κ2) is 9.20. The highest BCUT2D eigenvalue weighted by atomic mass is 19.3. The SMILES string of the molecule is CC(O/N=C/c1ccccc1OC(F)F)C(=O)N(C(C)C)C(C)C. The smallest absolute Gasteiger partial charge is 0.387 e. The van der Waals surface area contributed by atoms with Crippen LogP contribution in [0.15, 0.2) is 29.4 Å². The highest BCUT2D eigenvalue weighted by Gasteiger charge is 2.26. The van der Waals surface area contributed by atoms with Crippen molar-refractivity contribution < 1.29 is 23.1 Å². The summed E-state index contributed by atoms with van der Waals surface area (Å²) in [4.78, 5) is 19.3. The molecule has 0 aliphatic heterocycles. The number of hydrogen-bond acceptors (Lipinski definition) is 4. The Kier molecular flexibility index (Phi) is 7.61. The zero-order chi connectivity index (χ0) is 18.3. The molecule has 1 unspecified atom stereocenters. The fraction of sp³-hybridized carbons (Fsp3) is 0.529. The Hall–Kier alpha value is -2.18. The van der Waals surface area contributed by atoms with Crippen LogP contribution in [0.25, 0.3) is 0 Å². The molecular formula is C17H24F2N2O3. The van der Waals surface area contributed by atoms with Gasteiger partial charge in [-0.1, -0.05) is 17.3 Å². The number of benzene rings is 1. The molecular weight excluding hydrogens is 318 g/mol. The van der Waals surface area contributed by atoms with Gasteiger partial charge in [0.05, 0.1) is 6.21 Å². The zero-order valence-electron chi connectivity index (χ0n) is 14.6. The molecule has 0 aliphatic rings. The fourth-order valence-corrected chi connectivity index (χ4v) is 2.33. The van der Waals surface area contributed by atoms with Crippen LogP contribution in [0.1, 0.15) is 40.2 Å². The van der Waals surface area contributed by atoms with E-state index in [2.05, 4.69) is 9.89 Å². The largest absolute Gasteiger partial charge is 0.434 e. The van der Waals surface area contributed by atoms with Crippen molar-refractivity contribution in [3.8, 4) is 5.75 Å². The average molecular weight is 342 g/mol. The van der Waals surface area contributed by atoms with Crippen molar-refractivity contribution in [1.29, 1.82) is 0 Å². The first-order chi connectivity index (χ1) is 11.2. The number of halogens is 2. The number of rotatable bonds is 8. The summed E-state index contributed by atoms with van der Waals surface area (Å²) in [5.41, 5.74) is 0.335. The summed E-state index contributed by atoms with van der Waals surface area (Å²) in [5, 5.41) is 3.73. The summed E-state index contributed by atoms with van der Waals surface area (Å²) < 4.78 is 29.1. The monoisotopic (exact) mass is 342 g/mol. The van der Waals surface area contributed by atoms with Gasteiger partial charge in [0.1, 0.15) is 5.75 Å². The van der Waals surface area contributed by atoms with E-state index in [1.54, 1.807) is 30.0 Å². The third kappa shape index (κ3) is 5.79. The molecule has 1 atom stereocenters. The molecule has 0 spiro atoms. The maximum absolute atomic E-state index is 12.4. The third-order valence-corrected chi connectivity index (χ3v) is 3.26. The number of nitrogens with zero attached hydrogens (tertiary/aromatic N) is 2. The molecule has 0 aromatic heterocycles. The molecule has 0 radical (unpaired) electrons. The Morgan fingerprint density at radius 1 is 1.12 bits per heavy atom. The molecule has 5 nitrogen and oxygen atoms in total. The third-order valence-electron chi connectivity index (χ3n) is 3.26. The number of alkyl halides is 2. The molecule has 0 aliphatic carbocycles. The van der Waals surface area contributed by atoms with Crippen LogP contribution in [0.3, 0.4) is 0 Å². The van der Waals surface area contributed by atoms with E-state index in [4.69, 9.17) is 4.84 Å². The van der Waals surface area contributed by atoms with Crippen molar-refractivity contribution in [2.75, 3.05) is 0 Å². The van der Waals surface area contributed by atoms with Crippen molar-refractivity contribution in [2.24, 2.45) is 5.16 Å². The van der Waals surface area contributed by atoms with Gasteiger partial charge in [-0.2, -0.15) is 8.78 Å². The highest BCUT2D eigenvalue weighted by molar-refractivity contribution is 5.83. The minimum absolute atomic E-state index is 0.00943. The maximum atomic E-state index is 12.4. The van der Waals surface area contributed by atoms with Crippen LogP contribution in [0, 0.1) is 0 Å². The van der Waals surface area contributed by atoms with Gasteiger partial charge in [-0.25, -0.2) is 0 Å². The first-order valence-electron chi connectivity index (χ1n) is 7.79. The van der Waals surface area contributed by atoms with Crippen molar-refractivity contribution in [1.82, 2.24) is 4.90 Å². The number of oxime groups is 1. The Morgan fingerprint density at radius 3 is 2.25 bits per heavy atom. The Bertz CT molecular complexity index is 555. The summed E-state index contributed by atoms with van der Waals surface area (Å²) in [7, 11) is 0. The number of amides is 1. The van der Waals surface area contributed by atoms with Gasteiger partial charge in [-0.05, 0) is 46.8 Å². The number of ether oxygens (including phenoxy) is 1. The summed E-state index contributed by atoms with van der Waals surface area (Å²) in [6.07, 6.45) is 0.463. The fourth-order valence-electron chi connectivity index (χ4n) is 2.33. The number of carbonyl (C=O) groups is 1. The molecule has 0 saturated carbocycles. The summed E-state index contributed by atoms with van der Waals surface area (Å²) in [6.45, 7) is 6.36. The van der Waals surface area contributed by atoms with Gasteiger partial charge < -0.3 is 14.5 Å². The quantitative estimate of drug-likeness (QED) is 0.535. The van der Waals surface area contributed by atoms with E-state index < -0.39 is 12.7 Å². The van der Waals surface area contributed by atoms with Gasteiger partial charge in [0.2, 0.25) is 6.10 Å². The number of hydrogen-bond donors (Lipinski definition) is 0. The topological polar surface area (TPSA) is 51.1 Å². The molecule has 7 heteroatoms. The number of carbonyl (C=O) groups excluding carboxylic acids is 1. The standard InChI is InChI=1S/C17H24F2N2O3/c1-11(2)21(12(3)4)16(22)13(5)24-20-10-14-8-6-7-9-15(14)23-17(18)19/h6-13,17H,1-5H3/b20-10+. The highest BCUT2D eigenvalue weighted by Crippen LogP contribution is 2.18. The van der Waals surface area contributed by atoms with Crippen LogP contribution in [-0.2, 0) is 9.63 Å². The molecule has 1 rings (SSSR count). The first kappa shape index (κ1) is 19.9. The van der Waals surface area contributed by atoms with E-state index >= 15 is 0 Å². The molecule has 0 heterocycles. The zero-order valence-corrected chi connectivity index (χ0v) is 14.6. The molecule has 0 saturated heterocycles. The van der Waals surface area contributed by atoms with Crippen molar-refractivity contribution in [2.45, 2.75) is 59.4 Å². The van der Waals surface area contributed by atoms with Gasteiger partial charge >= 0.3 is 6.61 Å². The molecule has 1 aromatic carbocycles. The van der Waals surface area contributed by atoms with Crippen LogP contribution in [-0.4, -0.2) is 41.8 Å². The van der Waals surface area contributed by atoms with Gasteiger partial charge in [-0.15, -0.1) is 0 Å². The first-order valence-corrected chi connectivity index (χ1v) is 7.79. The van der Waals surface area contributed by atoms with E-state index in [1.165, 1.54) is 12.3 Å². The minimum atomic E-state index is -2.92. The molecule has 0 N–H and O–H groups in total. The molecule has 1 aromatic rings. The van der Waals surface area contributed by atoms with Crippen LogP contribution in [0.5, 0.6) is 5.75 Å². The van der Waals surface area contributed by atoms with E-state index in [0.29, 0.717) is 5.56 Å². The second-order valence-electron chi connectivity index (χ2n) is 5.83. The van der Waals surface area contributed by atoms with Crippen molar-refractivity contribution in [3.63, 3.8) is 0 Å². The predicted molar refractivity (Wildman–Crippen MR) is 88.3 cm³/mol. The lowest BCUT2D eigenvalue weighted by molar-refractivity contribution is -0.146. The van der Waals surface area contributed by atoms with E-state index in [-0.39, 0.29) is 23.7 Å². The molecule has 0 bridgehead atoms. The molecule has 134 valence electrons. The number of para-hydroxylation sites is 1. The lowest BCUT2D eigenvalue weighted by Crippen LogP contribution is -2.46. The minimum Gasteiger partial charge on any atom is -0.434 e. The molecule has 0 fully saturated rings. The predicted octanol–water partition coefficient (Wildman–Crippen LogP) is 3.67. The Morgan fingerprint density at radius 2 is 1.71 bits per heavy atom. The lowest BCUT2D eigenvalue weighted by Gasteiger charge is -2.32. The van der Waals surface area contributed by atoms with Gasteiger partial charge in [-0.3, -0.25) is 4.79 Å². The summed E-state index contributed by atoms with van der Waals surface area (Å²) >= 11 is 0. The maximum Gasteiger partial charge on any atom is 0.387 e. The van der Waals surface area contributed by atoms with E-state index in [9.17, 15) is 13.6 Å². The van der Waals surface area contributed by atoms with Gasteiger partial charge in [0, 0.05) is 17.6 Å². The molecule has 24 heavy (non-hydrogen) atoms. The Balaban J connectivity index is 2.75. The van der Waals surface area contributed by atoms with Gasteiger partial charge in [0.15, 0.2) is 0 Å². The van der Waals surface area contributed by atoms with Crippen molar-refractivity contribution >= 4 is 12.1 Å². The van der Waals surface area contributed by atoms with E-state index in [1.807, 2.05) is 27.7 Å². The van der Waals surface area contributed by atoms with E-state index in [0.717, 1.165) is 0 Å². The van der Waals surface area contributed by atoms with Crippen molar-refractivity contribution in [3.05, 3.63) is 29.8 Å². The lowest BCUT2D eigenvalue weighted by atomic mass is 10.2. The molecule has 1 amide bonds. The van der Waals surface area contributed by atoms with Crippen LogP contribution in [0.2, 0.25) is 0 Å². The van der Waals surface area contributed by atoms with Crippen LogP contribution in [0.4, 0.5) is 8.78 Å². The normalized spacial score (nSPS) is 12.9. The van der Waals surface area contributed by atoms with Gasteiger partial charge in [0.25, 0.3) is 5.91 Å².